The first kappa shape index (κ1) is 14.2. The van der Waals surface area contributed by atoms with Gasteiger partial charge in [0.25, 0.3) is 0 Å². The Labute approximate surface area is 108 Å². The predicted molar refractivity (Wildman–Crippen MR) is 69.5 cm³/mol. The molecule has 0 saturated carbocycles. The van der Waals surface area contributed by atoms with E-state index in [-0.39, 0.29) is 5.91 Å². The van der Waals surface area contributed by atoms with Crippen LogP contribution in [0, 0.1) is 24.2 Å². The predicted octanol–water partition coefficient (Wildman–Crippen LogP) is 2.29. The molecule has 0 spiro atoms. The molecule has 18 heavy (non-hydrogen) atoms. The SMILES string of the molecule is CCC(C#N)C(=O)N(CC)Cc1cccc(C)n1. The van der Waals surface area contributed by atoms with E-state index < -0.39 is 5.92 Å². The van der Waals surface area contributed by atoms with Crippen LogP contribution in [0.5, 0.6) is 0 Å². The zero-order chi connectivity index (χ0) is 13.5. The minimum absolute atomic E-state index is 0.106. The standard InChI is InChI=1S/C14H19N3O/c1-4-12(9-15)14(18)17(5-2)10-13-8-6-7-11(3)16-13/h6-8,12H,4-5,10H2,1-3H3. The lowest BCUT2D eigenvalue weighted by Gasteiger charge is -2.22. The molecule has 0 bridgehead atoms. The topological polar surface area (TPSA) is 57.0 Å². The van der Waals surface area contributed by atoms with Crippen molar-refractivity contribution in [3.05, 3.63) is 29.6 Å². The lowest BCUT2D eigenvalue weighted by molar-refractivity contribution is -0.134. The van der Waals surface area contributed by atoms with Crippen molar-refractivity contribution in [1.29, 1.82) is 5.26 Å². The Morgan fingerprint density at radius 1 is 1.50 bits per heavy atom. The Morgan fingerprint density at radius 3 is 2.72 bits per heavy atom. The van der Waals surface area contributed by atoms with Crippen molar-refractivity contribution >= 4 is 5.91 Å². The number of nitrogens with zero attached hydrogens (tertiary/aromatic N) is 3. The van der Waals surface area contributed by atoms with Gasteiger partial charge in [-0.25, -0.2) is 0 Å². The van der Waals surface area contributed by atoms with Gasteiger partial charge in [-0.15, -0.1) is 0 Å². The monoisotopic (exact) mass is 245 g/mol. The molecule has 1 aromatic rings. The number of nitriles is 1. The van der Waals surface area contributed by atoms with Gasteiger partial charge in [0.15, 0.2) is 0 Å². The molecule has 1 rings (SSSR count). The van der Waals surface area contributed by atoms with E-state index in [0.29, 0.717) is 19.5 Å². The molecule has 4 nitrogen and oxygen atoms in total. The third-order valence-corrected chi connectivity index (χ3v) is 2.85. The fraction of sp³-hybridized carbons (Fsp3) is 0.500. The molecule has 0 saturated heterocycles. The second-order valence-electron chi connectivity index (χ2n) is 4.21. The molecule has 0 N–H and O–H groups in total. The lowest BCUT2D eigenvalue weighted by atomic mass is 10.1. The maximum absolute atomic E-state index is 12.1. The van der Waals surface area contributed by atoms with E-state index in [1.54, 1.807) is 4.90 Å². The van der Waals surface area contributed by atoms with Crippen LogP contribution in [0.3, 0.4) is 0 Å². The number of amides is 1. The maximum atomic E-state index is 12.1. The van der Waals surface area contributed by atoms with Crippen molar-refractivity contribution < 1.29 is 4.79 Å². The van der Waals surface area contributed by atoms with Gasteiger partial charge >= 0.3 is 0 Å². The summed E-state index contributed by atoms with van der Waals surface area (Å²) in [4.78, 5) is 18.2. The van der Waals surface area contributed by atoms with E-state index in [0.717, 1.165) is 11.4 Å². The van der Waals surface area contributed by atoms with E-state index in [1.807, 2.05) is 39.0 Å². The minimum Gasteiger partial charge on any atom is -0.336 e. The number of carbonyl (C=O) groups excluding carboxylic acids is 1. The third-order valence-electron chi connectivity index (χ3n) is 2.85. The normalized spacial score (nSPS) is 11.7. The number of hydrogen-bond acceptors (Lipinski definition) is 3. The Kier molecular flexibility index (Phi) is 5.31. The molecule has 0 aromatic carbocycles. The maximum Gasteiger partial charge on any atom is 0.240 e. The molecular formula is C14H19N3O. The highest BCUT2D eigenvalue weighted by Gasteiger charge is 2.21. The molecule has 1 heterocycles. The third kappa shape index (κ3) is 3.56. The second kappa shape index (κ2) is 6.75. The van der Waals surface area contributed by atoms with Crippen molar-refractivity contribution in [1.82, 2.24) is 9.88 Å². The number of aromatic nitrogens is 1. The fourth-order valence-corrected chi connectivity index (χ4v) is 1.77. The number of pyridine rings is 1. The number of rotatable bonds is 5. The van der Waals surface area contributed by atoms with Crippen molar-refractivity contribution in [3.8, 4) is 6.07 Å². The van der Waals surface area contributed by atoms with Crippen molar-refractivity contribution in [2.24, 2.45) is 5.92 Å². The minimum atomic E-state index is -0.547. The Hall–Kier alpha value is -1.89. The molecule has 1 atom stereocenters. The summed E-state index contributed by atoms with van der Waals surface area (Å²) < 4.78 is 0. The van der Waals surface area contributed by atoms with E-state index in [2.05, 4.69) is 11.1 Å². The Balaban J connectivity index is 2.79. The number of carbonyl (C=O) groups is 1. The zero-order valence-corrected chi connectivity index (χ0v) is 11.2. The van der Waals surface area contributed by atoms with Crippen LogP contribution in [-0.2, 0) is 11.3 Å². The van der Waals surface area contributed by atoms with Crippen LogP contribution in [0.15, 0.2) is 18.2 Å². The summed E-state index contributed by atoms with van der Waals surface area (Å²) in [7, 11) is 0. The molecule has 1 unspecified atom stereocenters. The van der Waals surface area contributed by atoms with Gasteiger partial charge in [-0.2, -0.15) is 5.26 Å². The van der Waals surface area contributed by atoms with Gasteiger partial charge in [0, 0.05) is 12.2 Å². The van der Waals surface area contributed by atoms with Gasteiger partial charge < -0.3 is 4.90 Å². The van der Waals surface area contributed by atoms with E-state index in [9.17, 15) is 4.79 Å². The average Bonchev–Trinajstić information content (AvgIpc) is 2.37. The molecule has 0 aliphatic carbocycles. The first-order chi connectivity index (χ1) is 8.62. The van der Waals surface area contributed by atoms with Crippen LogP contribution in [-0.4, -0.2) is 22.3 Å². The molecule has 1 aromatic heterocycles. The fourth-order valence-electron chi connectivity index (χ4n) is 1.77. The molecule has 0 fully saturated rings. The molecular weight excluding hydrogens is 226 g/mol. The highest BCUT2D eigenvalue weighted by Crippen LogP contribution is 2.10. The molecule has 1 amide bonds. The van der Waals surface area contributed by atoms with Crippen LogP contribution < -0.4 is 0 Å². The van der Waals surface area contributed by atoms with Crippen LogP contribution in [0.25, 0.3) is 0 Å². The summed E-state index contributed by atoms with van der Waals surface area (Å²) >= 11 is 0. The second-order valence-corrected chi connectivity index (χ2v) is 4.21. The largest absolute Gasteiger partial charge is 0.336 e. The summed E-state index contributed by atoms with van der Waals surface area (Å²) in [6.45, 7) is 6.75. The van der Waals surface area contributed by atoms with Gasteiger partial charge in [-0.05, 0) is 32.4 Å². The Bertz CT molecular complexity index is 451. The summed E-state index contributed by atoms with van der Waals surface area (Å²) in [6.07, 6.45) is 0.549. The highest BCUT2D eigenvalue weighted by molar-refractivity contribution is 5.81. The lowest BCUT2D eigenvalue weighted by Crippen LogP contribution is -2.35. The van der Waals surface area contributed by atoms with E-state index in [1.165, 1.54) is 0 Å². The van der Waals surface area contributed by atoms with Gasteiger partial charge in [-0.3, -0.25) is 9.78 Å². The molecule has 0 aliphatic rings. The first-order valence-electron chi connectivity index (χ1n) is 6.23. The van der Waals surface area contributed by atoms with E-state index >= 15 is 0 Å². The van der Waals surface area contributed by atoms with Crippen LogP contribution in [0.4, 0.5) is 0 Å². The average molecular weight is 245 g/mol. The van der Waals surface area contributed by atoms with Crippen molar-refractivity contribution in [3.63, 3.8) is 0 Å². The summed E-state index contributed by atoms with van der Waals surface area (Å²) in [6, 6.07) is 7.80. The number of hydrogen-bond donors (Lipinski definition) is 0. The number of aryl methyl sites for hydroxylation is 1. The van der Waals surface area contributed by atoms with Gasteiger partial charge in [0.05, 0.1) is 18.3 Å². The summed E-state index contributed by atoms with van der Waals surface area (Å²) in [5, 5.41) is 8.94. The van der Waals surface area contributed by atoms with Crippen LogP contribution in [0.2, 0.25) is 0 Å². The molecule has 0 radical (unpaired) electrons. The smallest absolute Gasteiger partial charge is 0.240 e. The first-order valence-corrected chi connectivity index (χ1v) is 6.23. The molecule has 96 valence electrons. The zero-order valence-electron chi connectivity index (χ0n) is 11.2. The molecule has 0 aliphatic heterocycles. The van der Waals surface area contributed by atoms with Crippen molar-refractivity contribution in [2.75, 3.05) is 6.54 Å². The van der Waals surface area contributed by atoms with Crippen LogP contribution in [0.1, 0.15) is 31.7 Å². The van der Waals surface area contributed by atoms with Gasteiger partial charge in [0.2, 0.25) is 5.91 Å². The van der Waals surface area contributed by atoms with Gasteiger partial charge in [0.1, 0.15) is 5.92 Å². The van der Waals surface area contributed by atoms with E-state index in [4.69, 9.17) is 5.26 Å². The van der Waals surface area contributed by atoms with Gasteiger partial charge in [-0.1, -0.05) is 13.0 Å². The summed E-state index contributed by atoms with van der Waals surface area (Å²) in [5.74, 6) is -0.652. The summed E-state index contributed by atoms with van der Waals surface area (Å²) in [5.41, 5.74) is 1.79. The Morgan fingerprint density at radius 2 is 2.22 bits per heavy atom. The van der Waals surface area contributed by atoms with Crippen molar-refractivity contribution in [2.45, 2.75) is 33.7 Å². The molecule has 4 heteroatoms. The quantitative estimate of drug-likeness (QED) is 0.799. The van der Waals surface area contributed by atoms with Crippen LogP contribution >= 0.6 is 0 Å². The highest BCUT2D eigenvalue weighted by atomic mass is 16.2.